The first-order valence-electron chi connectivity index (χ1n) is 6.87. The summed E-state index contributed by atoms with van der Waals surface area (Å²) in [5.41, 5.74) is 4.28. The molecule has 0 saturated carbocycles. The van der Waals surface area contributed by atoms with Crippen molar-refractivity contribution >= 4 is 43.8 Å². The van der Waals surface area contributed by atoms with Crippen molar-refractivity contribution < 1.29 is 0 Å². The van der Waals surface area contributed by atoms with Gasteiger partial charge in [0.05, 0.1) is 17.6 Å². The zero-order chi connectivity index (χ0) is 15.5. The SMILES string of the molecule is Cc1cc(Br)ccc1N=Cc1cccn1-c1ccc(Br)cc1. The molecule has 2 nitrogen and oxygen atoms in total. The van der Waals surface area contributed by atoms with Crippen molar-refractivity contribution in [3.05, 3.63) is 81.0 Å². The molecule has 0 aliphatic carbocycles. The van der Waals surface area contributed by atoms with E-state index in [1.165, 1.54) is 0 Å². The van der Waals surface area contributed by atoms with Crippen LogP contribution in [0.15, 0.2) is 74.7 Å². The molecular weight excluding hydrogens is 404 g/mol. The van der Waals surface area contributed by atoms with Gasteiger partial charge < -0.3 is 4.57 Å². The van der Waals surface area contributed by atoms with Gasteiger partial charge in [-0.15, -0.1) is 0 Å². The van der Waals surface area contributed by atoms with Crippen molar-refractivity contribution in [1.29, 1.82) is 0 Å². The average molecular weight is 418 g/mol. The molecule has 0 amide bonds. The van der Waals surface area contributed by atoms with Crippen molar-refractivity contribution in [3.63, 3.8) is 0 Å². The standard InChI is InChI=1S/C18H14Br2N2/c1-13-11-15(20)6-9-18(13)21-12-17-3-2-10-22(17)16-7-4-14(19)5-8-16/h2-12H,1H3. The normalized spacial score (nSPS) is 11.2. The summed E-state index contributed by atoms with van der Waals surface area (Å²) in [6, 6.07) is 18.4. The molecule has 1 heterocycles. The third-order valence-corrected chi connectivity index (χ3v) is 4.40. The number of aryl methyl sites for hydroxylation is 1. The summed E-state index contributed by atoms with van der Waals surface area (Å²) < 4.78 is 4.26. The van der Waals surface area contributed by atoms with Crippen LogP contribution < -0.4 is 0 Å². The van der Waals surface area contributed by atoms with Gasteiger partial charge in [0.2, 0.25) is 0 Å². The van der Waals surface area contributed by atoms with Crippen LogP contribution >= 0.6 is 31.9 Å². The number of hydrogen-bond acceptors (Lipinski definition) is 1. The molecule has 4 heteroatoms. The average Bonchev–Trinajstić information content (AvgIpc) is 2.95. The third-order valence-electron chi connectivity index (χ3n) is 3.38. The Hall–Kier alpha value is -1.65. The molecule has 0 aliphatic heterocycles. The van der Waals surface area contributed by atoms with Gasteiger partial charge in [0.15, 0.2) is 0 Å². The largest absolute Gasteiger partial charge is 0.316 e. The fraction of sp³-hybridized carbons (Fsp3) is 0.0556. The van der Waals surface area contributed by atoms with E-state index >= 15 is 0 Å². The highest BCUT2D eigenvalue weighted by molar-refractivity contribution is 9.10. The molecule has 0 fully saturated rings. The second-order valence-corrected chi connectivity index (χ2v) is 6.80. The summed E-state index contributed by atoms with van der Waals surface area (Å²) >= 11 is 6.94. The number of aromatic nitrogens is 1. The van der Waals surface area contributed by atoms with E-state index in [-0.39, 0.29) is 0 Å². The molecule has 110 valence electrons. The number of nitrogens with zero attached hydrogens (tertiary/aromatic N) is 2. The predicted molar refractivity (Wildman–Crippen MR) is 99.6 cm³/mol. The van der Waals surface area contributed by atoms with Gasteiger partial charge in [-0.1, -0.05) is 31.9 Å². The Morgan fingerprint density at radius 2 is 1.68 bits per heavy atom. The molecule has 0 aliphatic rings. The van der Waals surface area contributed by atoms with E-state index in [1.54, 1.807) is 0 Å². The summed E-state index contributed by atoms with van der Waals surface area (Å²) in [4.78, 5) is 4.62. The van der Waals surface area contributed by atoms with Gasteiger partial charge in [0.25, 0.3) is 0 Å². The third kappa shape index (κ3) is 3.39. The highest BCUT2D eigenvalue weighted by Crippen LogP contribution is 2.23. The lowest BCUT2D eigenvalue weighted by molar-refractivity contribution is 1.07. The summed E-state index contributed by atoms with van der Waals surface area (Å²) in [5, 5.41) is 0. The van der Waals surface area contributed by atoms with Crippen molar-refractivity contribution in [3.8, 4) is 5.69 Å². The van der Waals surface area contributed by atoms with E-state index in [4.69, 9.17) is 0 Å². The van der Waals surface area contributed by atoms with Gasteiger partial charge in [-0.25, -0.2) is 0 Å². The van der Waals surface area contributed by atoms with Gasteiger partial charge in [-0.3, -0.25) is 4.99 Å². The molecule has 3 aromatic rings. The number of halogens is 2. The van der Waals surface area contributed by atoms with Crippen molar-refractivity contribution in [2.24, 2.45) is 4.99 Å². The maximum Gasteiger partial charge on any atom is 0.0660 e. The lowest BCUT2D eigenvalue weighted by Crippen LogP contribution is -1.97. The summed E-state index contributed by atoms with van der Waals surface area (Å²) in [6.07, 6.45) is 3.94. The summed E-state index contributed by atoms with van der Waals surface area (Å²) in [7, 11) is 0. The smallest absolute Gasteiger partial charge is 0.0660 e. The molecule has 0 spiro atoms. The van der Waals surface area contributed by atoms with Crippen LogP contribution in [0.1, 0.15) is 11.3 Å². The monoisotopic (exact) mass is 416 g/mol. The van der Waals surface area contributed by atoms with E-state index in [2.05, 4.69) is 72.6 Å². The van der Waals surface area contributed by atoms with Gasteiger partial charge in [-0.05, 0) is 67.1 Å². The molecule has 22 heavy (non-hydrogen) atoms. The molecule has 0 radical (unpaired) electrons. The lowest BCUT2D eigenvalue weighted by atomic mass is 10.2. The van der Waals surface area contributed by atoms with Gasteiger partial charge in [0, 0.05) is 20.8 Å². The minimum Gasteiger partial charge on any atom is -0.316 e. The number of aliphatic imine (C=N–C) groups is 1. The maximum atomic E-state index is 4.62. The molecule has 0 saturated heterocycles. The Labute approximate surface area is 146 Å². The Bertz CT molecular complexity index is 817. The number of hydrogen-bond donors (Lipinski definition) is 0. The van der Waals surface area contributed by atoms with Crippen LogP contribution in [-0.2, 0) is 0 Å². The molecule has 2 aromatic carbocycles. The predicted octanol–water partition coefficient (Wildman–Crippen LogP) is 6.06. The van der Waals surface area contributed by atoms with Gasteiger partial charge in [0.1, 0.15) is 0 Å². The maximum absolute atomic E-state index is 4.62. The fourth-order valence-electron chi connectivity index (χ4n) is 2.24. The van der Waals surface area contributed by atoms with E-state index in [0.717, 1.165) is 31.6 Å². The zero-order valence-corrected chi connectivity index (χ0v) is 15.2. The van der Waals surface area contributed by atoms with Crippen LogP contribution in [0.2, 0.25) is 0 Å². The second-order valence-electron chi connectivity index (χ2n) is 4.97. The molecule has 0 N–H and O–H groups in total. The molecule has 0 bridgehead atoms. The van der Waals surface area contributed by atoms with Crippen LogP contribution in [0.5, 0.6) is 0 Å². The first-order valence-corrected chi connectivity index (χ1v) is 8.45. The van der Waals surface area contributed by atoms with Crippen LogP contribution in [0.25, 0.3) is 5.69 Å². The fourth-order valence-corrected chi connectivity index (χ4v) is 2.98. The van der Waals surface area contributed by atoms with Crippen LogP contribution in [-0.4, -0.2) is 10.8 Å². The van der Waals surface area contributed by atoms with E-state index in [0.29, 0.717) is 0 Å². The van der Waals surface area contributed by atoms with Gasteiger partial charge in [-0.2, -0.15) is 0 Å². The van der Waals surface area contributed by atoms with E-state index in [9.17, 15) is 0 Å². The zero-order valence-electron chi connectivity index (χ0n) is 12.0. The van der Waals surface area contributed by atoms with Crippen LogP contribution in [0, 0.1) is 6.92 Å². The first-order chi connectivity index (χ1) is 10.6. The van der Waals surface area contributed by atoms with Crippen LogP contribution in [0.4, 0.5) is 5.69 Å². The van der Waals surface area contributed by atoms with Gasteiger partial charge >= 0.3 is 0 Å². The molecule has 3 rings (SSSR count). The molecular formula is C18H14Br2N2. The Morgan fingerprint density at radius 3 is 2.41 bits per heavy atom. The number of benzene rings is 2. The Kier molecular flexibility index (Phi) is 4.60. The van der Waals surface area contributed by atoms with Crippen molar-refractivity contribution in [2.45, 2.75) is 6.92 Å². The summed E-state index contributed by atoms with van der Waals surface area (Å²) in [6.45, 7) is 2.06. The van der Waals surface area contributed by atoms with E-state index in [1.807, 2.05) is 42.7 Å². The minimum absolute atomic E-state index is 0.978. The van der Waals surface area contributed by atoms with Crippen LogP contribution in [0.3, 0.4) is 0 Å². The lowest BCUT2D eigenvalue weighted by Gasteiger charge is -2.06. The quantitative estimate of drug-likeness (QED) is 0.460. The van der Waals surface area contributed by atoms with Crippen molar-refractivity contribution in [1.82, 2.24) is 4.57 Å². The molecule has 0 atom stereocenters. The molecule has 1 aromatic heterocycles. The second kappa shape index (κ2) is 6.63. The minimum atomic E-state index is 0.978. The number of rotatable bonds is 3. The summed E-state index contributed by atoms with van der Waals surface area (Å²) in [5.74, 6) is 0. The van der Waals surface area contributed by atoms with Crippen molar-refractivity contribution in [2.75, 3.05) is 0 Å². The Balaban J connectivity index is 1.92. The topological polar surface area (TPSA) is 17.3 Å². The first kappa shape index (κ1) is 15.3. The highest BCUT2D eigenvalue weighted by atomic mass is 79.9. The highest BCUT2D eigenvalue weighted by Gasteiger charge is 2.02. The van der Waals surface area contributed by atoms with E-state index < -0.39 is 0 Å². The molecule has 0 unspecified atom stereocenters. The Morgan fingerprint density at radius 1 is 0.955 bits per heavy atom.